The van der Waals surface area contributed by atoms with Gasteiger partial charge in [-0.15, -0.1) is 0 Å². The van der Waals surface area contributed by atoms with Gasteiger partial charge < -0.3 is 4.90 Å². The molecule has 0 bridgehead atoms. The first kappa shape index (κ1) is 7.10. The Morgan fingerprint density at radius 1 is 1.55 bits per heavy atom. The molecule has 2 aliphatic rings. The van der Waals surface area contributed by atoms with Crippen molar-refractivity contribution in [1.82, 2.24) is 9.80 Å². The van der Waals surface area contributed by atoms with Gasteiger partial charge in [-0.25, -0.2) is 0 Å². The molecule has 2 aliphatic heterocycles. The molecule has 0 saturated carbocycles. The molecule has 0 aromatic carbocycles. The van der Waals surface area contributed by atoms with E-state index in [-0.39, 0.29) is 5.54 Å². The summed E-state index contributed by atoms with van der Waals surface area (Å²) >= 11 is 0. The molecule has 2 heterocycles. The zero-order valence-electron chi connectivity index (χ0n) is 6.92. The summed E-state index contributed by atoms with van der Waals surface area (Å²) < 4.78 is 0. The van der Waals surface area contributed by atoms with E-state index in [1.807, 2.05) is 4.90 Å². The zero-order chi connectivity index (χ0) is 7.90. The Kier molecular flexibility index (Phi) is 1.42. The summed E-state index contributed by atoms with van der Waals surface area (Å²) in [7, 11) is 0. The van der Waals surface area contributed by atoms with Crippen molar-refractivity contribution in [3.63, 3.8) is 0 Å². The van der Waals surface area contributed by atoms with Gasteiger partial charge in [-0.05, 0) is 13.0 Å². The highest BCUT2D eigenvalue weighted by atomic mass is 16.1. The van der Waals surface area contributed by atoms with Crippen LogP contribution in [0.5, 0.6) is 0 Å². The van der Waals surface area contributed by atoms with Crippen molar-refractivity contribution in [2.75, 3.05) is 26.2 Å². The Hall–Kier alpha value is -0.570. The number of likely N-dealkylation sites (N-methyl/N-ethyl adjacent to an activating group) is 1. The third-order valence-corrected chi connectivity index (χ3v) is 3.04. The number of hydrogen-bond acceptors (Lipinski definition) is 2. The molecule has 0 unspecified atom stereocenters. The maximum absolute atomic E-state index is 10.5. The molecule has 2 fully saturated rings. The van der Waals surface area contributed by atoms with E-state index < -0.39 is 0 Å². The lowest BCUT2D eigenvalue weighted by molar-refractivity contribution is -0.152. The highest BCUT2D eigenvalue weighted by Crippen LogP contribution is 2.37. The fourth-order valence-corrected chi connectivity index (χ4v) is 2.07. The molecule has 0 atom stereocenters. The van der Waals surface area contributed by atoms with Gasteiger partial charge in [0.1, 0.15) is 0 Å². The van der Waals surface area contributed by atoms with Gasteiger partial charge in [0.2, 0.25) is 6.41 Å². The number of likely N-dealkylation sites (tertiary alicyclic amines) is 2. The Labute approximate surface area is 67.0 Å². The van der Waals surface area contributed by atoms with Gasteiger partial charge >= 0.3 is 0 Å². The van der Waals surface area contributed by atoms with Crippen LogP contribution >= 0.6 is 0 Å². The number of carbonyl (C=O) groups excluding carboxylic acids is 1. The quantitative estimate of drug-likeness (QED) is 0.519. The molecule has 0 N–H and O–H groups in total. The second-order valence-electron chi connectivity index (χ2n) is 3.58. The number of amides is 1. The Morgan fingerprint density at radius 2 is 2.27 bits per heavy atom. The van der Waals surface area contributed by atoms with Gasteiger partial charge in [-0.3, -0.25) is 9.69 Å². The van der Waals surface area contributed by atoms with Crippen molar-refractivity contribution in [2.45, 2.75) is 18.9 Å². The summed E-state index contributed by atoms with van der Waals surface area (Å²) in [4.78, 5) is 14.8. The van der Waals surface area contributed by atoms with Crippen LogP contribution in [0.4, 0.5) is 0 Å². The van der Waals surface area contributed by atoms with Crippen LogP contribution in [-0.4, -0.2) is 47.9 Å². The minimum absolute atomic E-state index is 0.276. The summed E-state index contributed by atoms with van der Waals surface area (Å²) in [6.45, 7) is 6.46. The molecule has 3 nitrogen and oxygen atoms in total. The smallest absolute Gasteiger partial charge is 0.210 e. The fraction of sp³-hybridized carbons (Fsp3) is 0.875. The summed E-state index contributed by atoms with van der Waals surface area (Å²) in [5.41, 5.74) is 0.276. The van der Waals surface area contributed by atoms with Crippen molar-refractivity contribution in [3.05, 3.63) is 0 Å². The third-order valence-electron chi connectivity index (χ3n) is 3.04. The third kappa shape index (κ3) is 0.805. The SMILES string of the molecule is CCN1CC2(CCN2C=O)C1. The molecule has 0 aromatic rings. The molecule has 3 heteroatoms. The van der Waals surface area contributed by atoms with Crippen molar-refractivity contribution >= 4 is 6.41 Å². The summed E-state index contributed by atoms with van der Waals surface area (Å²) in [6.07, 6.45) is 2.21. The van der Waals surface area contributed by atoms with E-state index in [2.05, 4.69) is 11.8 Å². The van der Waals surface area contributed by atoms with E-state index in [9.17, 15) is 4.79 Å². The largest absolute Gasteiger partial charge is 0.337 e. The van der Waals surface area contributed by atoms with Crippen LogP contribution in [0, 0.1) is 0 Å². The van der Waals surface area contributed by atoms with E-state index in [0.29, 0.717) is 0 Å². The molecule has 0 aliphatic carbocycles. The van der Waals surface area contributed by atoms with Gasteiger partial charge in [-0.2, -0.15) is 0 Å². The molecule has 0 radical (unpaired) electrons. The second-order valence-corrected chi connectivity index (χ2v) is 3.58. The first-order valence-corrected chi connectivity index (χ1v) is 4.25. The van der Waals surface area contributed by atoms with Gasteiger partial charge in [0, 0.05) is 19.6 Å². The highest BCUT2D eigenvalue weighted by molar-refractivity contribution is 5.52. The maximum Gasteiger partial charge on any atom is 0.210 e. The first-order valence-electron chi connectivity index (χ1n) is 4.25. The molecule has 62 valence electrons. The summed E-state index contributed by atoms with van der Waals surface area (Å²) in [5.74, 6) is 0. The second kappa shape index (κ2) is 2.21. The predicted octanol–water partition coefficient (Wildman–Crippen LogP) is -0.0772. The first-order chi connectivity index (χ1) is 5.30. The van der Waals surface area contributed by atoms with E-state index in [1.165, 1.54) is 6.42 Å². The monoisotopic (exact) mass is 154 g/mol. The molecule has 11 heavy (non-hydrogen) atoms. The van der Waals surface area contributed by atoms with Crippen molar-refractivity contribution in [1.29, 1.82) is 0 Å². The molecular weight excluding hydrogens is 140 g/mol. The molecule has 1 amide bonds. The van der Waals surface area contributed by atoms with Gasteiger partial charge in [0.25, 0.3) is 0 Å². The lowest BCUT2D eigenvalue weighted by Gasteiger charge is -2.61. The average Bonchev–Trinajstić information content (AvgIpc) is 1.85. The fourth-order valence-electron chi connectivity index (χ4n) is 2.07. The van der Waals surface area contributed by atoms with Crippen LogP contribution in [0.3, 0.4) is 0 Å². The van der Waals surface area contributed by atoms with Crippen LogP contribution in [0.15, 0.2) is 0 Å². The lowest BCUT2D eigenvalue weighted by Crippen LogP contribution is -2.76. The lowest BCUT2D eigenvalue weighted by atomic mass is 9.78. The molecule has 0 aromatic heterocycles. The summed E-state index contributed by atoms with van der Waals surface area (Å²) in [6, 6.07) is 0. The topological polar surface area (TPSA) is 23.6 Å². The van der Waals surface area contributed by atoms with Gasteiger partial charge in [0.15, 0.2) is 0 Å². The highest BCUT2D eigenvalue weighted by Gasteiger charge is 2.52. The number of carbonyl (C=O) groups is 1. The Bertz CT molecular complexity index is 175. The molecular formula is C8H14N2O. The van der Waals surface area contributed by atoms with Crippen LogP contribution in [-0.2, 0) is 4.79 Å². The summed E-state index contributed by atoms with van der Waals surface area (Å²) in [5, 5.41) is 0. The predicted molar refractivity (Wildman–Crippen MR) is 42.2 cm³/mol. The standard InChI is InChI=1S/C8H14N2O/c1-2-9-5-8(6-9)3-4-10(8)7-11/h7H,2-6H2,1H3. The van der Waals surface area contributed by atoms with E-state index in [1.54, 1.807) is 0 Å². The van der Waals surface area contributed by atoms with Gasteiger partial charge in [-0.1, -0.05) is 6.92 Å². The van der Waals surface area contributed by atoms with E-state index in [4.69, 9.17) is 0 Å². The van der Waals surface area contributed by atoms with Crippen LogP contribution in [0.25, 0.3) is 0 Å². The van der Waals surface area contributed by atoms with Crippen molar-refractivity contribution in [2.24, 2.45) is 0 Å². The number of nitrogens with zero attached hydrogens (tertiary/aromatic N) is 2. The Balaban J connectivity index is 1.91. The van der Waals surface area contributed by atoms with E-state index >= 15 is 0 Å². The zero-order valence-corrected chi connectivity index (χ0v) is 6.92. The number of hydrogen-bond donors (Lipinski definition) is 0. The maximum atomic E-state index is 10.5. The minimum Gasteiger partial charge on any atom is -0.337 e. The molecule has 2 rings (SSSR count). The molecule has 1 spiro atoms. The van der Waals surface area contributed by atoms with Crippen LogP contribution < -0.4 is 0 Å². The average molecular weight is 154 g/mol. The normalized spacial score (nSPS) is 27.9. The molecule has 2 saturated heterocycles. The van der Waals surface area contributed by atoms with Gasteiger partial charge in [0.05, 0.1) is 5.54 Å². The van der Waals surface area contributed by atoms with Crippen molar-refractivity contribution in [3.8, 4) is 0 Å². The van der Waals surface area contributed by atoms with Crippen LogP contribution in [0.1, 0.15) is 13.3 Å². The number of rotatable bonds is 2. The minimum atomic E-state index is 0.276. The van der Waals surface area contributed by atoms with E-state index in [0.717, 1.165) is 32.6 Å². The van der Waals surface area contributed by atoms with Crippen molar-refractivity contribution < 1.29 is 4.79 Å². The van der Waals surface area contributed by atoms with Crippen LogP contribution in [0.2, 0.25) is 0 Å². The Morgan fingerprint density at radius 3 is 2.64 bits per heavy atom.